The molecule has 0 saturated carbocycles. The largest absolute Gasteiger partial charge is 0.364 e. The van der Waals surface area contributed by atoms with Gasteiger partial charge < -0.3 is 4.90 Å². The highest BCUT2D eigenvalue weighted by molar-refractivity contribution is 6.03. The van der Waals surface area contributed by atoms with E-state index in [4.69, 9.17) is 0 Å². The highest BCUT2D eigenvalue weighted by Gasteiger charge is 2.20. The Kier molecular flexibility index (Phi) is 5.42. The number of anilines is 2. The Bertz CT molecular complexity index is 921. The van der Waals surface area contributed by atoms with Crippen molar-refractivity contribution >= 4 is 17.5 Å². The van der Waals surface area contributed by atoms with Crippen LogP contribution in [0.15, 0.2) is 66.7 Å². The average molecular weight is 374 g/mol. The number of hydrogen-bond acceptors (Lipinski definition) is 5. The van der Waals surface area contributed by atoms with E-state index in [2.05, 4.69) is 67.3 Å². The summed E-state index contributed by atoms with van der Waals surface area (Å²) < 4.78 is 0. The molecule has 0 fully saturated rings. The summed E-state index contributed by atoms with van der Waals surface area (Å²) in [7, 11) is 0. The van der Waals surface area contributed by atoms with E-state index in [9.17, 15) is 4.79 Å². The van der Waals surface area contributed by atoms with Crippen LogP contribution in [-0.4, -0.2) is 32.6 Å². The Balaban J connectivity index is 1.49. The van der Waals surface area contributed by atoms with E-state index in [0.717, 1.165) is 31.4 Å². The Morgan fingerprint density at radius 2 is 1.93 bits per heavy atom. The van der Waals surface area contributed by atoms with Gasteiger partial charge in [0.2, 0.25) is 0 Å². The third-order valence-electron chi connectivity index (χ3n) is 4.91. The van der Waals surface area contributed by atoms with E-state index in [-0.39, 0.29) is 11.9 Å². The van der Waals surface area contributed by atoms with Crippen molar-refractivity contribution in [1.82, 2.24) is 20.6 Å². The third kappa shape index (κ3) is 4.25. The van der Waals surface area contributed by atoms with Gasteiger partial charge in [0.15, 0.2) is 0 Å². The second kappa shape index (κ2) is 8.47. The fourth-order valence-electron chi connectivity index (χ4n) is 3.46. The van der Waals surface area contributed by atoms with Crippen LogP contribution in [0.1, 0.15) is 35.2 Å². The summed E-state index contributed by atoms with van der Waals surface area (Å²) in [5, 5.41) is 15.8. The van der Waals surface area contributed by atoms with Crippen LogP contribution in [0.2, 0.25) is 0 Å². The SMILES string of the molecule is O=C(Nc1nn[nH]n1)c1ccc(CN(c2ccccc2)C2CC=CCC2)cc1. The fraction of sp³-hybridized carbons (Fsp3) is 0.238. The average Bonchev–Trinajstić information content (AvgIpc) is 3.27. The number of aromatic amines is 1. The summed E-state index contributed by atoms with van der Waals surface area (Å²) in [4.78, 5) is 14.7. The molecule has 1 aromatic heterocycles. The lowest BCUT2D eigenvalue weighted by atomic mass is 9.98. The molecule has 28 heavy (non-hydrogen) atoms. The first kappa shape index (κ1) is 17.9. The molecule has 0 saturated heterocycles. The summed E-state index contributed by atoms with van der Waals surface area (Å²) in [5.41, 5.74) is 2.94. The van der Waals surface area contributed by atoms with Crippen molar-refractivity contribution in [1.29, 1.82) is 0 Å². The summed E-state index contributed by atoms with van der Waals surface area (Å²) in [6, 6.07) is 18.6. The van der Waals surface area contributed by atoms with Gasteiger partial charge in [-0.05, 0) is 54.3 Å². The minimum absolute atomic E-state index is 0.162. The number of nitrogens with zero attached hydrogens (tertiary/aromatic N) is 4. The van der Waals surface area contributed by atoms with Crippen LogP contribution in [0.25, 0.3) is 0 Å². The minimum Gasteiger partial charge on any atom is -0.364 e. The molecule has 7 nitrogen and oxygen atoms in total. The molecule has 1 atom stereocenters. The number of allylic oxidation sites excluding steroid dienone is 1. The first-order valence-corrected chi connectivity index (χ1v) is 9.40. The molecule has 0 spiro atoms. The highest BCUT2D eigenvalue weighted by atomic mass is 16.1. The van der Waals surface area contributed by atoms with Gasteiger partial charge in [0.05, 0.1) is 0 Å². The van der Waals surface area contributed by atoms with Gasteiger partial charge in [-0.2, -0.15) is 5.21 Å². The van der Waals surface area contributed by atoms with Gasteiger partial charge >= 0.3 is 0 Å². The van der Waals surface area contributed by atoms with Crippen molar-refractivity contribution in [2.75, 3.05) is 10.2 Å². The number of H-pyrrole nitrogens is 1. The molecular formula is C21H22N6O. The predicted molar refractivity (Wildman–Crippen MR) is 108 cm³/mol. The monoisotopic (exact) mass is 374 g/mol. The van der Waals surface area contributed by atoms with Crippen molar-refractivity contribution in [2.45, 2.75) is 31.8 Å². The molecular weight excluding hydrogens is 352 g/mol. The van der Waals surface area contributed by atoms with Crippen LogP contribution in [0, 0.1) is 0 Å². The second-order valence-electron chi connectivity index (χ2n) is 6.79. The van der Waals surface area contributed by atoms with Crippen molar-refractivity contribution < 1.29 is 4.79 Å². The van der Waals surface area contributed by atoms with Gasteiger partial charge in [0.25, 0.3) is 11.9 Å². The molecule has 1 amide bonds. The Morgan fingerprint density at radius 3 is 2.61 bits per heavy atom. The number of nitrogens with one attached hydrogen (secondary N) is 2. The Morgan fingerprint density at radius 1 is 1.11 bits per heavy atom. The fourth-order valence-corrected chi connectivity index (χ4v) is 3.46. The van der Waals surface area contributed by atoms with Crippen LogP contribution in [0.4, 0.5) is 11.6 Å². The van der Waals surface area contributed by atoms with E-state index >= 15 is 0 Å². The Hall–Kier alpha value is -3.48. The lowest BCUT2D eigenvalue weighted by Gasteiger charge is -2.35. The van der Waals surface area contributed by atoms with Crippen LogP contribution in [0.3, 0.4) is 0 Å². The van der Waals surface area contributed by atoms with Gasteiger partial charge in [-0.15, -0.1) is 5.10 Å². The van der Waals surface area contributed by atoms with E-state index < -0.39 is 0 Å². The molecule has 0 bridgehead atoms. The first-order chi connectivity index (χ1) is 13.8. The highest BCUT2D eigenvalue weighted by Crippen LogP contribution is 2.26. The molecule has 0 radical (unpaired) electrons. The maximum Gasteiger partial charge on any atom is 0.270 e. The van der Waals surface area contributed by atoms with Gasteiger partial charge in [0, 0.05) is 23.8 Å². The molecule has 1 aliphatic carbocycles. The molecule has 2 aromatic carbocycles. The summed E-state index contributed by atoms with van der Waals surface area (Å²) in [6.07, 6.45) is 7.85. The van der Waals surface area contributed by atoms with E-state index in [1.807, 2.05) is 30.3 Å². The molecule has 142 valence electrons. The summed E-state index contributed by atoms with van der Waals surface area (Å²) in [6.45, 7) is 0.801. The second-order valence-corrected chi connectivity index (χ2v) is 6.79. The van der Waals surface area contributed by atoms with Crippen molar-refractivity contribution in [3.63, 3.8) is 0 Å². The van der Waals surface area contributed by atoms with Gasteiger partial charge in [-0.1, -0.05) is 47.6 Å². The zero-order valence-electron chi connectivity index (χ0n) is 15.5. The molecule has 3 aromatic rings. The maximum absolute atomic E-state index is 12.3. The Labute approximate surface area is 163 Å². The number of amides is 1. The minimum atomic E-state index is -0.259. The maximum atomic E-state index is 12.3. The quantitative estimate of drug-likeness (QED) is 0.644. The number of tetrazole rings is 1. The van der Waals surface area contributed by atoms with Crippen molar-refractivity contribution in [2.24, 2.45) is 0 Å². The summed E-state index contributed by atoms with van der Waals surface area (Å²) >= 11 is 0. The molecule has 0 aliphatic heterocycles. The lowest BCUT2D eigenvalue weighted by Crippen LogP contribution is -2.35. The number of hydrogen-bond donors (Lipinski definition) is 2. The van der Waals surface area contributed by atoms with E-state index in [1.54, 1.807) is 0 Å². The lowest BCUT2D eigenvalue weighted by molar-refractivity contribution is 0.102. The molecule has 2 N–H and O–H groups in total. The van der Waals surface area contributed by atoms with Crippen LogP contribution in [0.5, 0.6) is 0 Å². The predicted octanol–water partition coefficient (Wildman–Crippen LogP) is 3.57. The van der Waals surface area contributed by atoms with Gasteiger partial charge in [0.1, 0.15) is 0 Å². The van der Waals surface area contributed by atoms with Crippen molar-refractivity contribution in [3.8, 4) is 0 Å². The number of carbonyl (C=O) groups excluding carboxylic acids is 1. The zero-order valence-corrected chi connectivity index (χ0v) is 15.5. The standard InChI is InChI=1S/C21H22N6O/c28-20(22-21-23-25-26-24-21)17-13-11-16(12-14-17)15-27(18-7-3-1-4-8-18)19-9-5-2-6-10-19/h1-5,7-8,11-14,19H,6,9-10,15H2,(H2,22,23,24,25,26,28). The van der Waals surface area contributed by atoms with Crippen molar-refractivity contribution in [3.05, 3.63) is 77.9 Å². The van der Waals surface area contributed by atoms with Gasteiger partial charge in [-0.3, -0.25) is 10.1 Å². The van der Waals surface area contributed by atoms with Crippen LogP contribution < -0.4 is 10.2 Å². The third-order valence-corrected chi connectivity index (χ3v) is 4.91. The number of para-hydroxylation sites is 1. The number of carbonyl (C=O) groups is 1. The molecule has 1 heterocycles. The zero-order chi connectivity index (χ0) is 19.2. The van der Waals surface area contributed by atoms with E-state index in [1.165, 1.54) is 5.69 Å². The number of aromatic nitrogens is 4. The topological polar surface area (TPSA) is 86.8 Å². The molecule has 4 rings (SSSR count). The molecule has 1 aliphatic rings. The number of rotatable bonds is 6. The summed E-state index contributed by atoms with van der Waals surface area (Å²) in [5.74, 6) is -0.0973. The smallest absolute Gasteiger partial charge is 0.270 e. The molecule has 7 heteroatoms. The molecule has 1 unspecified atom stereocenters. The van der Waals surface area contributed by atoms with Gasteiger partial charge in [-0.25, -0.2) is 0 Å². The van der Waals surface area contributed by atoms with E-state index in [0.29, 0.717) is 11.6 Å². The van der Waals surface area contributed by atoms with Crippen LogP contribution in [-0.2, 0) is 6.54 Å². The normalized spacial score (nSPS) is 15.9. The first-order valence-electron chi connectivity index (χ1n) is 9.40. The number of benzene rings is 2. The van der Waals surface area contributed by atoms with Crippen LogP contribution >= 0.6 is 0 Å².